The van der Waals surface area contributed by atoms with Crippen molar-refractivity contribution in [1.29, 1.82) is 0 Å². The van der Waals surface area contributed by atoms with E-state index < -0.39 is 5.91 Å². The van der Waals surface area contributed by atoms with E-state index in [0.29, 0.717) is 6.54 Å². The molecule has 0 aliphatic rings. The summed E-state index contributed by atoms with van der Waals surface area (Å²) in [6, 6.07) is -0.0319. The fourth-order valence-electron chi connectivity index (χ4n) is 1.11. The molecule has 5 nitrogen and oxygen atoms in total. The SMILES string of the molecule is C=CCNCC(=O)N(CC(N)=O)C(C)C. The maximum Gasteiger partial charge on any atom is 0.237 e. The van der Waals surface area contributed by atoms with Crippen molar-refractivity contribution in [3.8, 4) is 0 Å². The monoisotopic (exact) mass is 213 g/mol. The van der Waals surface area contributed by atoms with Gasteiger partial charge in [-0.3, -0.25) is 9.59 Å². The Morgan fingerprint density at radius 1 is 1.53 bits per heavy atom. The Morgan fingerprint density at radius 2 is 2.13 bits per heavy atom. The van der Waals surface area contributed by atoms with Gasteiger partial charge in [0, 0.05) is 12.6 Å². The molecule has 0 spiro atoms. The molecule has 0 saturated carbocycles. The molecule has 3 N–H and O–H groups in total. The average Bonchev–Trinajstić information content (AvgIpc) is 2.13. The summed E-state index contributed by atoms with van der Waals surface area (Å²) >= 11 is 0. The lowest BCUT2D eigenvalue weighted by atomic mass is 10.3. The van der Waals surface area contributed by atoms with Crippen molar-refractivity contribution in [2.75, 3.05) is 19.6 Å². The predicted octanol–water partition coefficient (Wildman–Crippen LogP) is -0.516. The van der Waals surface area contributed by atoms with Gasteiger partial charge in [-0.25, -0.2) is 0 Å². The molecule has 86 valence electrons. The molecular weight excluding hydrogens is 194 g/mol. The van der Waals surface area contributed by atoms with Gasteiger partial charge in [0.1, 0.15) is 0 Å². The molecule has 0 aromatic heterocycles. The summed E-state index contributed by atoms with van der Waals surface area (Å²) in [6.07, 6.45) is 1.67. The third kappa shape index (κ3) is 5.85. The average molecular weight is 213 g/mol. The molecule has 0 aliphatic carbocycles. The summed E-state index contributed by atoms with van der Waals surface area (Å²) in [7, 11) is 0. The summed E-state index contributed by atoms with van der Waals surface area (Å²) in [4.78, 5) is 23.8. The fraction of sp³-hybridized carbons (Fsp3) is 0.600. The molecular formula is C10H19N3O2. The van der Waals surface area contributed by atoms with E-state index in [1.807, 2.05) is 13.8 Å². The van der Waals surface area contributed by atoms with Gasteiger partial charge in [-0.05, 0) is 13.8 Å². The van der Waals surface area contributed by atoms with E-state index in [0.717, 1.165) is 0 Å². The van der Waals surface area contributed by atoms with E-state index in [2.05, 4.69) is 11.9 Å². The predicted molar refractivity (Wildman–Crippen MR) is 59.1 cm³/mol. The largest absolute Gasteiger partial charge is 0.368 e. The minimum absolute atomic E-state index is 0.0319. The first-order valence-electron chi connectivity index (χ1n) is 4.88. The van der Waals surface area contributed by atoms with Crippen molar-refractivity contribution in [2.24, 2.45) is 5.73 Å². The van der Waals surface area contributed by atoms with Gasteiger partial charge in [0.05, 0.1) is 13.1 Å². The van der Waals surface area contributed by atoms with Crippen LogP contribution in [-0.2, 0) is 9.59 Å². The third-order valence-corrected chi connectivity index (χ3v) is 1.83. The summed E-state index contributed by atoms with van der Waals surface area (Å²) in [5.41, 5.74) is 5.05. The molecule has 5 heteroatoms. The Kier molecular flexibility index (Phi) is 6.37. The van der Waals surface area contributed by atoms with Crippen LogP contribution in [0.15, 0.2) is 12.7 Å². The maximum atomic E-state index is 11.6. The van der Waals surface area contributed by atoms with Gasteiger partial charge < -0.3 is 16.0 Å². The fourth-order valence-corrected chi connectivity index (χ4v) is 1.11. The summed E-state index contributed by atoms with van der Waals surface area (Å²) in [5, 5.41) is 2.88. The van der Waals surface area contributed by atoms with Crippen LogP contribution in [0.2, 0.25) is 0 Å². The highest BCUT2D eigenvalue weighted by atomic mass is 16.2. The molecule has 0 aromatic rings. The summed E-state index contributed by atoms with van der Waals surface area (Å²) in [5.74, 6) is -0.633. The molecule has 0 aromatic carbocycles. The molecule has 0 atom stereocenters. The van der Waals surface area contributed by atoms with Gasteiger partial charge in [0.15, 0.2) is 0 Å². The number of carbonyl (C=O) groups is 2. The van der Waals surface area contributed by atoms with E-state index in [-0.39, 0.29) is 25.0 Å². The number of nitrogens with zero attached hydrogens (tertiary/aromatic N) is 1. The first-order chi connectivity index (χ1) is 6.99. The van der Waals surface area contributed by atoms with Crippen LogP contribution in [0, 0.1) is 0 Å². The van der Waals surface area contributed by atoms with Gasteiger partial charge in [-0.2, -0.15) is 0 Å². The molecule has 0 rings (SSSR count). The number of nitrogens with two attached hydrogens (primary N) is 1. The summed E-state index contributed by atoms with van der Waals surface area (Å²) < 4.78 is 0. The summed E-state index contributed by atoms with van der Waals surface area (Å²) in [6.45, 7) is 7.93. The van der Waals surface area contributed by atoms with Crippen molar-refractivity contribution in [2.45, 2.75) is 19.9 Å². The number of hydrogen-bond acceptors (Lipinski definition) is 3. The minimum Gasteiger partial charge on any atom is -0.368 e. The Hall–Kier alpha value is -1.36. The zero-order valence-electron chi connectivity index (χ0n) is 9.32. The highest BCUT2D eigenvalue weighted by Gasteiger charge is 2.17. The van der Waals surface area contributed by atoms with E-state index in [4.69, 9.17) is 5.73 Å². The lowest BCUT2D eigenvalue weighted by molar-refractivity contribution is -0.136. The maximum absolute atomic E-state index is 11.6. The van der Waals surface area contributed by atoms with Crippen LogP contribution in [-0.4, -0.2) is 42.4 Å². The normalized spacial score (nSPS) is 10.1. The number of nitrogens with one attached hydrogen (secondary N) is 1. The van der Waals surface area contributed by atoms with E-state index in [1.165, 1.54) is 4.90 Å². The number of hydrogen-bond donors (Lipinski definition) is 2. The molecule has 0 heterocycles. The van der Waals surface area contributed by atoms with Gasteiger partial charge in [0.25, 0.3) is 0 Å². The number of primary amides is 1. The number of carbonyl (C=O) groups excluding carboxylic acids is 2. The van der Waals surface area contributed by atoms with Crippen LogP contribution in [0.4, 0.5) is 0 Å². The quantitative estimate of drug-likeness (QED) is 0.441. The van der Waals surface area contributed by atoms with Crippen LogP contribution < -0.4 is 11.1 Å². The second kappa shape index (κ2) is 7.00. The van der Waals surface area contributed by atoms with Crippen LogP contribution in [0.3, 0.4) is 0 Å². The number of rotatable bonds is 7. The van der Waals surface area contributed by atoms with Crippen molar-refractivity contribution >= 4 is 11.8 Å². The Morgan fingerprint density at radius 3 is 2.53 bits per heavy atom. The zero-order chi connectivity index (χ0) is 11.8. The first kappa shape index (κ1) is 13.6. The van der Waals surface area contributed by atoms with Crippen LogP contribution in [0.5, 0.6) is 0 Å². The molecule has 0 bridgehead atoms. The Bertz CT molecular complexity index is 239. The van der Waals surface area contributed by atoms with Crippen molar-refractivity contribution in [3.63, 3.8) is 0 Å². The Balaban J connectivity index is 4.16. The molecule has 2 amide bonds. The number of amides is 2. The van der Waals surface area contributed by atoms with E-state index in [9.17, 15) is 9.59 Å². The molecule has 0 aliphatic heterocycles. The second-order valence-corrected chi connectivity index (χ2v) is 3.50. The minimum atomic E-state index is -0.499. The van der Waals surface area contributed by atoms with Crippen LogP contribution in [0.1, 0.15) is 13.8 Å². The molecule has 15 heavy (non-hydrogen) atoms. The van der Waals surface area contributed by atoms with Gasteiger partial charge in [0.2, 0.25) is 11.8 Å². The molecule has 0 unspecified atom stereocenters. The highest BCUT2D eigenvalue weighted by molar-refractivity contribution is 5.85. The van der Waals surface area contributed by atoms with E-state index in [1.54, 1.807) is 6.08 Å². The first-order valence-corrected chi connectivity index (χ1v) is 4.88. The molecule has 0 radical (unpaired) electrons. The molecule has 0 saturated heterocycles. The van der Waals surface area contributed by atoms with Gasteiger partial charge in [-0.1, -0.05) is 6.08 Å². The smallest absolute Gasteiger partial charge is 0.237 e. The zero-order valence-corrected chi connectivity index (χ0v) is 9.32. The lowest BCUT2D eigenvalue weighted by Gasteiger charge is -2.25. The van der Waals surface area contributed by atoms with Crippen molar-refractivity contribution in [1.82, 2.24) is 10.2 Å². The van der Waals surface area contributed by atoms with Crippen molar-refractivity contribution in [3.05, 3.63) is 12.7 Å². The molecule has 0 fully saturated rings. The standard InChI is InChI=1S/C10H19N3O2/c1-4-5-12-6-10(15)13(8(2)3)7-9(11)14/h4,8,12H,1,5-7H2,2-3H3,(H2,11,14). The highest BCUT2D eigenvalue weighted by Crippen LogP contribution is 1.97. The van der Waals surface area contributed by atoms with Crippen LogP contribution in [0.25, 0.3) is 0 Å². The third-order valence-electron chi connectivity index (χ3n) is 1.83. The Labute approximate surface area is 90.3 Å². The van der Waals surface area contributed by atoms with Crippen molar-refractivity contribution < 1.29 is 9.59 Å². The van der Waals surface area contributed by atoms with Gasteiger partial charge >= 0.3 is 0 Å². The van der Waals surface area contributed by atoms with Gasteiger partial charge in [-0.15, -0.1) is 6.58 Å². The lowest BCUT2D eigenvalue weighted by Crippen LogP contribution is -2.46. The van der Waals surface area contributed by atoms with E-state index >= 15 is 0 Å². The topological polar surface area (TPSA) is 75.4 Å². The second-order valence-electron chi connectivity index (χ2n) is 3.50. The van der Waals surface area contributed by atoms with Crippen LogP contribution >= 0.6 is 0 Å².